The minimum Gasteiger partial charge on any atom is -0.295 e. The van der Waals surface area contributed by atoms with Crippen LogP contribution < -0.4 is 10.6 Å². The van der Waals surface area contributed by atoms with Crippen LogP contribution in [-0.2, 0) is 9.59 Å². The van der Waals surface area contributed by atoms with Crippen LogP contribution in [0.2, 0.25) is 0 Å². The van der Waals surface area contributed by atoms with Crippen molar-refractivity contribution in [1.82, 2.24) is 10.6 Å². The summed E-state index contributed by atoms with van der Waals surface area (Å²) < 4.78 is 0. The molecule has 0 unspecified atom stereocenters. The van der Waals surface area contributed by atoms with Crippen LogP contribution in [0.3, 0.4) is 0 Å². The number of hydrogen-bond acceptors (Lipinski definition) is 4. The fraction of sp³-hybridized carbons (Fsp3) is 0.231. The summed E-state index contributed by atoms with van der Waals surface area (Å²) in [5.41, 5.74) is 1.59. The van der Waals surface area contributed by atoms with Crippen molar-refractivity contribution in [2.75, 3.05) is 0 Å². The standard InChI is InChI=1S/C13H16N4O2/c1-9(12-7-5-4-6-8-12)16-17-13(14-10(2)18)15-11(3)19/h4-8H,1-3H3,(H2,14,15,17,18,19)/b16-9+. The lowest BCUT2D eigenvalue weighted by molar-refractivity contribution is -0.117. The second-order valence-electron chi connectivity index (χ2n) is 3.86. The molecule has 1 rings (SSSR count). The number of carbonyl (C=O) groups is 2. The summed E-state index contributed by atoms with van der Waals surface area (Å²) in [6.07, 6.45) is 0. The van der Waals surface area contributed by atoms with Gasteiger partial charge in [-0.05, 0) is 12.5 Å². The number of carbonyl (C=O) groups excluding carboxylic acids is 2. The number of rotatable bonds is 2. The van der Waals surface area contributed by atoms with Gasteiger partial charge in [0, 0.05) is 13.8 Å². The van der Waals surface area contributed by atoms with Gasteiger partial charge in [0.15, 0.2) is 0 Å². The quantitative estimate of drug-likeness (QED) is 0.473. The molecule has 1 aromatic rings. The number of benzene rings is 1. The summed E-state index contributed by atoms with van der Waals surface area (Å²) in [5.74, 6) is -0.657. The van der Waals surface area contributed by atoms with Crippen LogP contribution in [0.4, 0.5) is 0 Å². The van der Waals surface area contributed by atoms with E-state index in [0.29, 0.717) is 5.71 Å². The Labute approximate surface area is 111 Å². The molecule has 0 bridgehead atoms. The normalized spacial score (nSPS) is 10.6. The Kier molecular flexibility index (Phi) is 5.40. The molecule has 19 heavy (non-hydrogen) atoms. The highest BCUT2D eigenvalue weighted by molar-refractivity contribution is 6.04. The van der Waals surface area contributed by atoms with Gasteiger partial charge in [-0.3, -0.25) is 20.2 Å². The minimum absolute atomic E-state index is 0.00952. The lowest BCUT2D eigenvalue weighted by Gasteiger charge is -2.05. The second-order valence-corrected chi connectivity index (χ2v) is 3.86. The van der Waals surface area contributed by atoms with E-state index in [9.17, 15) is 9.59 Å². The summed E-state index contributed by atoms with van der Waals surface area (Å²) in [6, 6.07) is 9.47. The van der Waals surface area contributed by atoms with E-state index in [2.05, 4.69) is 20.8 Å². The molecule has 0 heterocycles. The van der Waals surface area contributed by atoms with Gasteiger partial charge in [-0.2, -0.15) is 5.10 Å². The Bertz CT molecular complexity index is 503. The zero-order valence-corrected chi connectivity index (χ0v) is 11.1. The molecule has 0 aliphatic heterocycles. The third-order valence-corrected chi connectivity index (χ3v) is 2.08. The SMILES string of the molecule is CC(=O)NC(=N/N=C(\C)c1ccccc1)NC(C)=O. The average Bonchev–Trinajstić information content (AvgIpc) is 2.35. The number of nitrogens with one attached hydrogen (secondary N) is 2. The molecular formula is C13H16N4O2. The van der Waals surface area contributed by atoms with Crippen molar-refractivity contribution in [3.63, 3.8) is 0 Å². The summed E-state index contributed by atoms with van der Waals surface area (Å²) in [6.45, 7) is 4.44. The van der Waals surface area contributed by atoms with Gasteiger partial charge >= 0.3 is 0 Å². The van der Waals surface area contributed by atoms with Crippen molar-refractivity contribution in [2.24, 2.45) is 10.2 Å². The number of guanidine groups is 1. The van der Waals surface area contributed by atoms with Crippen molar-refractivity contribution in [3.8, 4) is 0 Å². The first-order valence-corrected chi connectivity index (χ1v) is 5.72. The minimum atomic E-state index is -0.333. The lowest BCUT2D eigenvalue weighted by Crippen LogP contribution is -2.41. The molecule has 0 aliphatic rings. The zero-order chi connectivity index (χ0) is 14.3. The molecule has 0 radical (unpaired) electrons. The second kappa shape index (κ2) is 7.05. The molecule has 0 saturated carbocycles. The van der Waals surface area contributed by atoms with Crippen LogP contribution in [0.5, 0.6) is 0 Å². The van der Waals surface area contributed by atoms with Crippen LogP contribution in [0, 0.1) is 0 Å². The smallest absolute Gasteiger partial charge is 0.229 e. The van der Waals surface area contributed by atoms with E-state index < -0.39 is 0 Å². The highest BCUT2D eigenvalue weighted by Crippen LogP contribution is 2.00. The number of amides is 2. The molecule has 1 aromatic carbocycles. The van der Waals surface area contributed by atoms with Crippen LogP contribution in [0.15, 0.2) is 40.5 Å². The molecular weight excluding hydrogens is 244 g/mol. The Hall–Kier alpha value is -2.50. The summed E-state index contributed by atoms with van der Waals surface area (Å²) in [7, 11) is 0. The monoisotopic (exact) mass is 260 g/mol. The van der Waals surface area contributed by atoms with Crippen LogP contribution in [-0.4, -0.2) is 23.5 Å². The number of hydrogen-bond donors (Lipinski definition) is 2. The van der Waals surface area contributed by atoms with E-state index in [1.807, 2.05) is 30.3 Å². The molecule has 0 atom stereocenters. The predicted octanol–water partition coefficient (Wildman–Crippen LogP) is 1.04. The van der Waals surface area contributed by atoms with Crippen molar-refractivity contribution in [2.45, 2.75) is 20.8 Å². The zero-order valence-electron chi connectivity index (χ0n) is 11.1. The van der Waals surface area contributed by atoms with Crippen molar-refractivity contribution < 1.29 is 9.59 Å². The maximum Gasteiger partial charge on any atom is 0.229 e. The molecule has 2 amide bonds. The van der Waals surface area contributed by atoms with Crippen LogP contribution in [0.1, 0.15) is 26.3 Å². The molecule has 0 saturated heterocycles. The van der Waals surface area contributed by atoms with E-state index >= 15 is 0 Å². The van der Waals surface area contributed by atoms with Gasteiger partial charge in [-0.15, -0.1) is 5.10 Å². The van der Waals surface area contributed by atoms with Gasteiger partial charge in [0.2, 0.25) is 17.8 Å². The average molecular weight is 260 g/mol. The lowest BCUT2D eigenvalue weighted by atomic mass is 10.1. The van der Waals surface area contributed by atoms with Crippen molar-refractivity contribution in [3.05, 3.63) is 35.9 Å². The van der Waals surface area contributed by atoms with Crippen LogP contribution >= 0.6 is 0 Å². The largest absolute Gasteiger partial charge is 0.295 e. The first kappa shape index (κ1) is 14.6. The Morgan fingerprint density at radius 3 is 1.89 bits per heavy atom. The van der Waals surface area contributed by atoms with Gasteiger partial charge in [0.25, 0.3) is 0 Å². The van der Waals surface area contributed by atoms with E-state index in [1.54, 1.807) is 6.92 Å². The maximum atomic E-state index is 11.0. The first-order valence-electron chi connectivity index (χ1n) is 5.72. The highest BCUT2D eigenvalue weighted by atomic mass is 16.2. The summed E-state index contributed by atoms with van der Waals surface area (Å²) >= 11 is 0. The van der Waals surface area contributed by atoms with Gasteiger partial charge in [0.1, 0.15) is 0 Å². The van der Waals surface area contributed by atoms with E-state index in [4.69, 9.17) is 0 Å². The van der Waals surface area contributed by atoms with Gasteiger partial charge in [-0.1, -0.05) is 30.3 Å². The molecule has 2 N–H and O–H groups in total. The Morgan fingerprint density at radius 2 is 1.42 bits per heavy atom. The molecule has 0 spiro atoms. The molecule has 0 aromatic heterocycles. The topological polar surface area (TPSA) is 82.9 Å². The van der Waals surface area contributed by atoms with Gasteiger partial charge in [-0.25, -0.2) is 0 Å². The third kappa shape index (κ3) is 5.58. The summed E-state index contributed by atoms with van der Waals surface area (Å²) in [4.78, 5) is 21.9. The van der Waals surface area contributed by atoms with Crippen molar-refractivity contribution in [1.29, 1.82) is 0 Å². The van der Waals surface area contributed by atoms with Crippen molar-refractivity contribution >= 4 is 23.5 Å². The van der Waals surface area contributed by atoms with Gasteiger partial charge < -0.3 is 0 Å². The molecule has 6 heteroatoms. The molecule has 0 aliphatic carbocycles. The Morgan fingerprint density at radius 1 is 0.895 bits per heavy atom. The third-order valence-electron chi connectivity index (χ3n) is 2.08. The molecule has 0 fully saturated rings. The molecule has 100 valence electrons. The molecule has 6 nitrogen and oxygen atoms in total. The van der Waals surface area contributed by atoms with E-state index in [1.165, 1.54) is 13.8 Å². The maximum absolute atomic E-state index is 11.0. The fourth-order valence-electron chi connectivity index (χ4n) is 1.28. The van der Waals surface area contributed by atoms with Gasteiger partial charge in [0.05, 0.1) is 5.71 Å². The summed E-state index contributed by atoms with van der Waals surface area (Å²) in [5, 5.41) is 12.6. The van der Waals surface area contributed by atoms with E-state index in [0.717, 1.165) is 5.56 Å². The van der Waals surface area contributed by atoms with E-state index in [-0.39, 0.29) is 17.8 Å². The van der Waals surface area contributed by atoms with Crippen LogP contribution in [0.25, 0.3) is 0 Å². The first-order chi connectivity index (χ1) is 8.99. The fourth-order valence-corrected chi connectivity index (χ4v) is 1.28. The predicted molar refractivity (Wildman–Crippen MR) is 73.7 cm³/mol. The highest BCUT2D eigenvalue weighted by Gasteiger charge is 2.03. The Balaban J connectivity index is 2.89. The number of nitrogens with zero attached hydrogens (tertiary/aromatic N) is 2.